The number of nitrogen functional groups attached to an aromatic ring is 1. The van der Waals surface area contributed by atoms with Gasteiger partial charge in [-0.3, -0.25) is 0 Å². The van der Waals surface area contributed by atoms with Crippen molar-refractivity contribution in [3.63, 3.8) is 0 Å². The summed E-state index contributed by atoms with van der Waals surface area (Å²) in [5, 5.41) is 3.34. The van der Waals surface area contributed by atoms with Crippen LogP contribution in [0.2, 0.25) is 0 Å². The van der Waals surface area contributed by atoms with E-state index >= 15 is 0 Å². The monoisotopic (exact) mass is 438 g/mol. The van der Waals surface area contributed by atoms with Gasteiger partial charge in [0, 0.05) is 53.4 Å². The van der Waals surface area contributed by atoms with Crippen LogP contribution in [0.25, 0.3) is 28.0 Å². The van der Waals surface area contributed by atoms with Crippen molar-refractivity contribution in [3.05, 3.63) is 72.4 Å². The Morgan fingerprint density at radius 3 is 2.70 bits per heavy atom. The summed E-state index contributed by atoms with van der Waals surface area (Å²) in [7, 11) is 0. The van der Waals surface area contributed by atoms with Gasteiger partial charge in [-0.15, -0.1) is 0 Å². The highest BCUT2D eigenvalue weighted by Crippen LogP contribution is 2.34. The maximum atomic E-state index is 6.32. The van der Waals surface area contributed by atoms with E-state index < -0.39 is 0 Å². The average Bonchev–Trinajstić information content (AvgIpc) is 3.32. The molecule has 5 rings (SSSR count). The number of nitrogens with one attached hydrogen (secondary N) is 1. The molecule has 0 saturated carbocycles. The first-order chi connectivity index (χ1) is 16.1. The van der Waals surface area contributed by atoms with Crippen LogP contribution >= 0.6 is 0 Å². The van der Waals surface area contributed by atoms with E-state index in [1.54, 1.807) is 0 Å². The smallest absolute Gasteiger partial charge is 0.131 e. The van der Waals surface area contributed by atoms with Gasteiger partial charge in [0.15, 0.2) is 0 Å². The van der Waals surface area contributed by atoms with Crippen molar-refractivity contribution in [1.29, 1.82) is 0 Å². The number of benzene rings is 2. The fourth-order valence-electron chi connectivity index (χ4n) is 5.33. The van der Waals surface area contributed by atoms with Gasteiger partial charge < -0.3 is 16.0 Å². The van der Waals surface area contributed by atoms with Crippen molar-refractivity contribution in [2.75, 3.05) is 23.7 Å². The van der Waals surface area contributed by atoms with E-state index in [9.17, 15) is 0 Å². The third-order valence-electron chi connectivity index (χ3n) is 7.19. The molecule has 1 atom stereocenters. The predicted octanol–water partition coefficient (Wildman–Crippen LogP) is 6.27. The molecular weight excluding hydrogens is 404 g/mol. The molecule has 0 aliphatic carbocycles. The standard InChI is InChI=1S/C29H34N4/c1-3-4-6-25-7-5-16-33(25)26-11-8-21(9-12-26)24-18-28(29(30)32-19-24)22-10-13-27-20(2)31-15-14-23(27)17-22/h8-13,17-19,25,31H,2-7,14-16H2,1H3,(H2,30,32). The first kappa shape index (κ1) is 21.6. The molecule has 2 aliphatic rings. The Morgan fingerprint density at radius 2 is 1.88 bits per heavy atom. The highest BCUT2D eigenvalue weighted by molar-refractivity contribution is 5.81. The summed E-state index contributed by atoms with van der Waals surface area (Å²) in [6.07, 6.45) is 9.37. The molecule has 2 aliphatic heterocycles. The molecule has 1 fully saturated rings. The van der Waals surface area contributed by atoms with Crippen LogP contribution in [-0.4, -0.2) is 24.1 Å². The maximum absolute atomic E-state index is 6.32. The number of unbranched alkanes of at least 4 members (excludes halogenated alkanes) is 1. The molecule has 2 aromatic carbocycles. The number of fused-ring (bicyclic) bond motifs is 1. The summed E-state index contributed by atoms with van der Waals surface area (Å²) in [5.41, 5.74) is 15.5. The normalized spacial score (nSPS) is 17.7. The summed E-state index contributed by atoms with van der Waals surface area (Å²) in [5.74, 6) is 0.568. The topological polar surface area (TPSA) is 54.2 Å². The Kier molecular flexibility index (Phi) is 6.08. The van der Waals surface area contributed by atoms with Crippen LogP contribution < -0.4 is 16.0 Å². The quantitative estimate of drug-likeness (QED) is 0.476. The maximum Gasteiger partial charge on any atom is 0.131 e. The summed E-state index contributed by atoms with van der Waals surface area (Å²) >= 11 is 0. The molecule has 170 valence electrons. The Morgan fingerprint density at radius 1 is 1.06 bits per heavy atom. The first-order valence-electron chi connectivity index (χ1n) is 12.3. The highest BCUT2D eigenvalue weighted by atomic mass is 15.2. The molecule has 3 aromatic rings. The average molecular weight is 439 g/mol. The van der Waals surface area contributed by atoms with Crippen LogP contribution in [0.15, 0.2) is 61.3 Å². The Bertz CT molecular complexity index is 1150. The predicted molar refractivity (Wildman–Crippen MR) is 140 cm³/mol. The highest BCUT2D eigenvalue weighted by Gasteiger charge is 2.24. The number of pyridine rings is 1. The molecule has 1 aromatic heterocycles. The summed E-state index contributed by atoms with van der Waals surface area (Å²) in [4.78, 5) is 7.14. The number of anilines is 2. The lowest BCUT2D eigenvalue weighted by Gasteiger charge is -2.27. The second-order valence-corrected chi connectivity index (χ2v) is 9.36. The van der Waals surface area contributed by atoms with E-state index in [0.29, 0.717) is 11.9 Å². The fraction of sp³-hybridized carbons (Fsp3) is 0.345. The number of nitrogens with zero attached hydrogens (tertiary/aromatic N) is 2. The van der Waals surface area contributed by atoms with E-state index in [1.807, 2.05) is 6.20 Å². The van der Waals surface area contributed by atoms with Gasteiger partial charge in [-0.05, 0) is 60.6 Å². The third-order valence-corrected chi connectivity index (χ3v) is 7.19. The molecule has 0 amide bonds. The SMILES string of the molecule is C=C1NCCc2cc(-c3cc(-c4ccc(N5CCCC5CCCC)cc4)cnc3N)ccc21. The van der Waals surface area contributed by atoms with Crippen LogP contribution in [0, 0.1) is 0 Å². The molecule has 3 heterocycles. The molecule has 3 N–H and O–H groups in total. The van der Waals surface area contributed by atoms with Gasteiger partial charge in [0.1, 0.15) is 5.82 Å². The van der Waals surface area contributed by atoms with Crippen LogP contribution in [-0.2, 0) is 6.42 Å². The van der Waals surface area contributed by atoms with Crippen molar-refractivity contribution in [3.8, 4) is 22.3 Å². The van der Waals surface area contributed by atoms with Gasteiger partial charge >= 0.3 is 0 Å². The van der Waals surface area contributed by atoms with E-state index in [2.05, 4.69) is 77.2 Å². The number of hydrogen-bond donors (Lipinski definition) is 2. The van der Waals surface area contributed by atoms with Crippen molar-refractivity contribution in [2.45, 2.75) is 51.5 Å². The lowest BCUT2D eigenvalue weighted by molar-refractivity contribution is 0.574. The lowest BCUT2D eigenvalue weighted by Crippen LogP contribution is -2.28. The molecule has 0 radical (unpaired) electrons. The molecule has 1 unspecified atom stereocenters. The number of rotatable bonds is 6. The van der Waals surface area contributed by atoms with Gasteiger partial charge in [0.25, 0.3) is 0 Å². The van der Waals surface area contributed by atoms with Crippen molar-refractivity contribution >= 4 is 17.2 Å². The van der Waals surface area contributed by atoms with Crippen molar-refractivity contribution < 1.29 is 0 Å². The molecule has 33 heavy (non-hydrogen) atoms. The van der Waals surface area contributed by atoms with Gasteiger partial charge in [-0.25, -0.2) is 4.98 Å². The largest absolute Gasteiger partial charge is 0.385 e. The molecule has 1 saturated heterocycles. The van der Waals surface area contributed by atoms with E-state index in [-0.39, 0.29) is 0 Å². The minimum absolute atomic E-state index is 0.568. The molecule has 0 bridgehead atoms. The van der Waals surface area contributed by atoms with Crippen LogP contribution in [0.5, 0.6) is 0 Å². The van der Waals surface area contributed by atoms with Gasteiger partial charge in [0.05, 0.1) is 0 Å². The van der Waals surface area contributed by atoms with Crippen molar-refractivity contribution in [2.24, 2.45) is 0 Å². The fourth-order valence-corrected chi connectivity index (χ4v) is 5.33. The Hall–Kier alpha value is -3.27. The van der Waals surface area contributed by atoms with E-state index in [1.165, 1.54) is 61.0 Å². The zero-order valence-electron chi connectivity index (χ0n) is 19.6. The zero-order chi connectivity index (χ0) is 22.8. The number of hydrogen-bond acceptors (Lipinski definition) is 4. The van der Waals surface area contributed by atoms with Gasteiger partial charge in [-0.1, -0.05) is 56.7 Å². The van der Waals surface area contributed by atoms with E-state index in [4.69, 9.17) is 5.73 Å². The second-order valence-electron chi connectivity index (χ2n) is 9.36. The van der Waals surface area contributed by atoms with Crippen molar-refractivity contribution in [1.82, 2.24) is 10.3 Å². The Labute approximate surface area is 197 Å². The number of nitrogens with two attached hydrogens (primary N) is 1. The molecular formula is C29H34N4. The van der Waals surface area contributed by atoms with Gasteiger partial charge in [0.2, 0.25) is 0 Å². The summed E-state index contributed by atoms with van der Waals surface area (Å²) < 4.78 is 0. The minimum Gasteiger partial charge on any atom is -0.385 e. The van der Waals surface area contributed by atoms with Gasteiger partial charge in [-0.2, -0.15) is 0 Å². The number of aromatic nitrogens is 1. The molecule has 0 spiro atoms. The first-order valence-corrected chi connectivity index (χ1v) is 12.3. The van der Waals surface area contributed by atoms with Crippen LogP contribution in [0.1, 0.15) is 50.2 Å². The lowest BCUT2D eigenvalue weighted by atomic mass is 9.93. The van der Waals surface area contributed by atoms with Crippen LogP contribution in [0.4, 0.5) is 11.5 Å². The molecule has 4 nitrogen and oxygen atoms in total. The van der Waals surface area contributed by atoms with Crippen LogP contribution in [0.3, 0.4) is 0 Å². The summed E-state index contributed by atoms with van der Waals surface area (Å²) in [6, 6.07) is 18.4. The second kappa shape index (κ2) is 9.30. The molecule has 4 heteroatoms. The van der Waals surface area contributed by atoms with E-state index in [0.717, 1.165) is 35.4 Å². The minimum atomic E-state index is 0.568. The zero-order valence-corrected chi connectivity index (χ0v) is 19.6. The third kappa shape index (κ3) is 4.35. The Balaban J connectivity index is 1.41. The summed E-state index contributed by atoms with van der Waals surface area (Å²) in [6.45, 7) is 8.50.